The minimum Gasteiger partial charge on any atom is -0.461 e. The Balaban J connectivity index is 2.21. The van der Waals surface area contributed by atoms with Crippen LogP contribution in [0.3, 0.4) is 0 Å². The Morgan fingerprint density at radius 3 is 2.57 bits per heavy atom. The van der Waals surface area contributed by atoms with Gasteiger partial charge in [-0.15, -0.1) is 0 Å². The number of hydrogen-bond acceptors (Lipinski definition) is 4. The Kier molecular flexibility index (Phi) is 7.15. The maximum atomic E-state index is 12.9. The zero-order chi connectivity index (χ0) is 15.7. The van der Waals surface area contributed by atoms with E-state index in [1.165, 1.54) is 18.2 Å². The van der Waals surface area contributed by atoms with Crippen LogP contribution in [-0.2, 0) is 14.3 Å². The summed E-state index contributed by atoms with van der Waals surface area (Å²) in [4.78, 5) is 22.9. The van der Waals surface area contributed by atoms with E-state index in [0.29, 0.717) is 6.42 Å². The molecule has 0 fully saturated rings. The van der Waals surface area contributed by atoms with E-state index >= 15 is 0 Å². The number of hydrogen-bond donors (Lipinski definition) is 0. The molecule has 0 unspecified atom stereocenters. The second-order valence-electron chi connectivity index (χ2n) is 4.75. The van der Waals surface area contributed by atoms with Crippen molar-refractivity contribution in [1.82, 2.24) is 0 Å². The fourth-order valence-electron chi connectivity index (χ4n) is 1.46. The number of benzene rings is 1. The molecule has 4 nitrogen and oxygen atoms in total. The molecule has 0 atom stereocenters. The predicted octanol–water partition coefficient (Wildman–Crippen LogP) is 3.41. The van der Waals surface area contributed by atoms with Crippen LogP contribution in [0.2, 0.25) is 0 Å². The first kappa shape index (κ1) is 16.9. The van der Waals surface area contributed by atoms with Crippen LogP contribution in [0.1, 0.15) is 33.1 Å². The SMILES string of the molecule is CC(C)=CCOC(=O)CCCC(=O)Oc1cccc(F)c1. The Bertz CT molecular complexity index is 519. The third-order valence-corrected chi connectivity index (χ3v) is 2.53. The van der Waals surface area contributed by atoms with E-state index in [1.54, 1.807) is 6.08 Å². The van der Waals surface area contributed by atoms with Gasteiger partial charge in [0.25, 0.3) is 0 Å². The van der Waals surface area contributed by atoms with Crippen LogP contribution >= 0.6 is 0 Å². The van der Waals surface area contributed by atoms with Gasteiger partial charge in [-0.3, -0.25) is 9.59 Å². The highest BCUT2D eigenvalue weighted by Gasteiger charge is 2.08. The lowest BCUT2D eigenvalue weighted by molar-refractivity contribution is -0.142. The minimum atomic E-state index is -0.502. The topological polar surface area (TPSA) is 52.6 Å². The predicted molar refractivity (Wildman–Crippen MR) is 76.3 cm³/mol. The van der Waals surface area contributed by atoms with Crippen molar-refractivity contribution in [3.8, 4) is 5.75 Å². The normalized spacial score (nSPS) is 9.86. The molecule has 0 aliphatic carbocycles. The molecule has 0 aliphatic heterocycles. The zero-order valence-electron chi connectivity index (χ0n) is 12.2. The van der Waals surface area contributed by atoms with Crippen LogP contribution in [0.5, 0.6) is 5.75 Å². The molecule has 5 heteroatoms. The largest absolute Gasteiger partial charge is 0.461 e. The fourth-order valence-corrected chi connectivity index (χ4v) is 1.46. The van der Waals surface area contributed by atoms with Crippen LogP contribution in [0.4, 0.5) is 4.39 Å². The Hall–Kier alpha value is -2.17. The van der Waals surface area contributed by atoms with Gasteiger partial charge in [0, 0.05) is 18.9 Å². The van der Waals surface area contributed by atoms with E-state index in [4.69, 9.17) is 9.47 Å². The Morgan fingerprint density at radius 1 is 1.19 bits per heavy atom. The number of carbonyl (C=O) groups excluding carboxylic acids is 2. The van der Waals surface area contributed by atoms with Gasteiger partial charge < -0.3 is 9.47 Å². The van der Waals surface area contributed by atoms with Crippen molar-refractivity contribution >= 4 is 11.9 Å². The maximum absolute atomic E-state index is 12.9. The summed E-state index contributed by atoms with van der Waals surface area (Å²) in [5.41, 5.74) is 1.07. The highest BCUT2D eigenvalue weighted by molar-refractivity contribution is 5.74. The van der Waals surface area contributed by atoms with Crippen molar-refractivity contribution in [2.24, 2.45) is 0 Å². The van der Waals surface area contributed by atoms with Crippen molar-refractivity contribution < 1.29 is 23.5 Å². The summed E-state index contributed by atoms with van der Waals surface area (Å²) in [6.45, 7) is 4.07. The molecule has 0 spiro atoms. The van der Waals surface area contributed by atoms with Crippen molar-refractivity contribution in [2.75, 3.05) is 6.61 Å². The molecular formula is C16H19FO4. The van der Waals surface area contributed by atoms with Crippen LogP contribution in [-0.4, -0.2) is 18.5 Å². The molecule has 0 heterocycles. The molecule has 0 saturated heterocycles. The van der Waals surface area contributed by atoms with Crippen LogP contribution in [0.25, 0.3) is 0 Å². The summed E-state index contributed by atoms with van der Waals surface area (Å²) in [7, 11) is 0. The highest BCUT2D eigenvalue weighted by atomic mass is 19.1. The lowest BCUT2D eigenvalue weighted by atomic mass is 10.2. The summed E-state index contributed by atoms with van der Waals surface area (Å²) >= 11 is 0. The summed E-state index contributed by atoms with van der Waals surface area (Å²) in [6.07, 6.45) is 2.36. The fraction of sp³-hybridized carbons (Fsp3) is 0.375. The summed E-state index contributed by atoms with van der Waals surface area (Å²) in [5.74, 6) is -1.17. The van der Waals surface area contributed by atoms with Crippen LogP contribution < -0.4 is 4.74 Å². The second kappa shape index (κ2) is 8.89. The maximum Gasteiger partial charge on any atom is 0.311 e. The van der Waals surface area contributed by atoms with E-state index in [0.717, 1.165) is 11.6 Å². The quantitative estimate of drug-likeness (QED) is 0.439. The van der Waals surface area contributed by atoms with Crippen LogP contribution in [0.15, 0.2) is 35.9 Å². The molecule has 0 aromatic heterocycles. The van der Waals surface area contributed by atoms with Gasteiger partial charge in [-0.1, -0.05) is 11.6 Å². The third-order valence-electron chi connectivity index (χ3n) is 2.53. The van der Waals surface area contributed by atoms with E-state index < -0.39 is 11.8 Å². The molecule has 21 heavy (non-hydrogen) atoms. The van der Waals surface area contributed by atoms with E-state index in [9.17, 15) is 14.0 Å². The van der Waals surface area contributed by atoms with Gasteiger partial charge in [-0.05, 0) is 38.5 Å². The van der Waals surface area contributed by atoms with Crippen molar-refractivity contribution in [3.63, 3.8) is 0 Å². The molecule has 1 rings (SSSR count). The molecule has 0 saturated carbocycles. The molecule has 0 amide bonds. The van der Waals surface area contributed by atoms with Gasteiger partial charge in [-0.25, -0.2) is 4.39 Å². The molecule has 0 N–H and O–H groups in total. The number of esters is 2. The van der Waals surface area contributed by atoms with Gasteiger partial charge in [0.1, 0.15) is 18.2 Å². The molecule has 0 radical (unpaired) electrons. The minimum absolute atomic E-state index is 0.0776. The van der Waals surface area contributed by atoms with E-state index in [2.05, 4.69) is 0 Å². The monoisotopic (exact) mass is 294 g/mol. The Morgan fingerprint density at radius 2 is 1.90 bits per heavy atom. The van der Waals surface area contributed by atoms with E-state index in [-0.39, 0.29) is 31.2 Å². The number of ether oxygens (including phenoxy) is 2. The molecule has 0 aliphatic rings. The summed E-state index contributed by atoms with van der Waals surface area (Å²) < 4.78 is 22.8. The first-order valence-corrected chi connectivity index (χ1v) is 6.72. The standard InChI is InChI=1S/C16H19FO4/c1-12(2)9-10-20-15(18)7-4-8-16(19)21-14-6-3-5-13(17)11-14/h3,5-6,9,11H,4,7-8,10H2,1-2H3. The number of carbonyl (C=O) groups is 2. The summed E-state index contributed by atoms with van der Waals surface area (Å²) in [6, 6.07) is 5.35. The number of allylic oxidation sites excluding steroid dienone is 1. The van der Waals surface area contributed by atoms with Crippen molar-refractivity contribution in [2.45, 2.75) is 33.1 Å². The molecular weight excluding hydrogens is 275 g/mol. The van der Waals surface area contributed by atoms with Gasteiger partial charge in [0.2, 0.25) is 0 Å². The first-order valence-electron chi connectivity index (χ1n) is 6.72. The van der Waals surface area contributed by atoms with Crippen LogP contribution in [0, 0.1) is 5.82 Å². The number of rotatable bonds is 7. The van der Waals surface area contributed by atoms with Gasteiger partial charge in [-0.2, -0.15) is 0 Å². The molecule has 1 aromatic rings. The lowest BCUT2D eigenvalue weighted by Gasteiger charge is -2.04. The average Bonchev–Trinajstić information content (AvgIpc) is 2.38. The second-order valence-corrected chi connectivity index (χ2v) is 4.75. The van der Waals surface area contributed by atoms with E-state index in [1.807, 2.05) is 13.8 Å². The Labute approximate surface area is 123 Å². The van der Waals surface area contributed by atoms with Gasteiger partial charge >= 0.3 is 11.9 Å². The smallest absolute Gasteiger partial charge is 0.311 e. The third kappa shape index (κ3) is 7.87. The van der Waals surface area contributed by atoms with Gasteiger partial charge in [0.05, 0.1) is 0 Å². The van der Waals surface area contributed by atoms with Gasteiger partial charge in [0.15, 0.2) is 0 Å². The molecule has 0 bridgehead atoms. The lowest BCUT2D eigenvalue weighted by Crippen LogP contribution is -2.10. The summed E-state index contributed by atoms with van der Waals surface area (Å²) in [5, 5.41) is 0. The first-order chi connectivity index (χ1) is 9.97. The average molecular weight is 294 g/mol. The van der Waals surface area contributed by atoms with Crippen molar-refractivity contribution in [1.29, 1.82) is 0 Å². The molecule has 114 valence electrons. The zero-order valence-corrected chi connectivity index (χ0v) is 12.2. The van der Waals surface area contributed by atoms with Crippen molar-refractivity contribution in [3.05, 3.63) is 41.7 Å². The highest BCUT2D eigenvalue weighted by Crippen LogP contribution is 2.13. The number of halogens is 1. The molecule has 1 aromatic carbocycles.